The fourth-order valence-electron chi connectivity index (χ4n) is 3.74. The number of benzene rings is 1. The number of aliphatic hydroxyl groups excluding tert-OH is 1. The molecule has 0 amide bonds. The molecule has 1 aromatic carbocycles. The van der Waals surface area contributed by atoms with Crippen molar-refractivity contribution in [3.8, 4) is 0 Å². The number of hydrogen-bond acceptors (Lipinski definition) is 3. The first-order valence-corrected chi connectivity index (χ1v) is 8.37. The third kappa shape index (κ3) is 3.85. The molecule has 1 unspecified atom stereocenters. The van der Waals surface area contributed by atoms with Crippen molar-refractivity contribution >= 4 is 0 Å². The van der Waals surface area contributed by atoms with Gasteiger partial charge >= 0.3 is 0 Å². The molecule has 1 aliphatic heterocycles. The first kappa shape index (κ1) is 15.0. The lowest BCUT2D eigenvalue weighted by Gasteiger charge is -2.33. The van der Waals surface area contributed by atoms with E-state index in [0.29, 0.717) is 6.10 Å². The van der Waals surface area contributed by atoms with Crippen LogP contribution >= 0.6 is 0 Å². The van der Waals surface area contributed by atoms with Gasteiger partial charge in [-0.05, 0) is 36.8 Å². The van der Waals surface area contributed by atoms with Crippen molar-refractivity contribution in [2.75, 3.05) is 6.54 Å². The highest BCUT2D eigenvalue weighted by Gasteiger charge is 2.40. The van der Waals surface area contributed by atoms with Gasteiger partial charge in [0.1, 0.15) is 0 Å². The highest BCUT2D eigenvalue weighted by atomic mass is 16.5. The zero-order valence-electron chi connectivity index (χ0n) is 12.8. The molecule has 1 aromatic rings. The van der Waals surface area contributed by atoms with Crippen molar-refractivity contribution < 1.29 is 9.84 Å². The highest BCUT2D eigenvalue weighted by Crippen LogP contribution is 2.41. The molecule has 1 atom stereocenters. The van der Waals surface area contributed by atoms with Gasteiger partial charge in [0.15, 0.2) is 0 Å². The molecule has 0 radical (unpaired) electrons. The molecule has 1 saturated carbocycles. The summed E-state index contributed by atoms with van der Waals surface area (Å²) < 4.78 is 6.37. The third-order valence-corrected chi connectivity index (χ3v) is 5.01. The van der Waals surface area contributed by atoms with Crippen LogP contribution in [0.5, 0.6) is 0 Å². The van der Waals surface area contributed by atoms with Crippen molar-refractivity contribution in [1.29, 1.82) is 0 Å². The zero-order chi connectivity index (χ0) is 14.5. The van der Waals surface area contributed by atoms with E-state index >= 15 is 0 Å². The Morgan fingerprint density at radius 1 is 1.05 bits per heavy atom. The van der Waals surface area contributed by atoms with Crippen molar-refractivity contribution in [2.24, 2.45) is 0 Å². The maximum Gasteiger partial charge on any atom is 0.0708 e. The summed E-state index contributed by atoms with van der Waals surface area (Å²) in [6.07, 6.45) is 9.46. The molecule has 21 heavy (non-hydrogen) atoms. The second kappa shape index (κ2) is 6.91. The number of ether oxygens (including phenoxy) is 1. The topological polar surface area (TPSA) is 41.5 Å². The van der Waals surface area contributed by atoms with E-state index in [-0.39, 0.29) is 12.2 Å². The standard InChI is InChI=1S/C18H27NO2/c20-14-16-6-4-15(5-7-16)12-19-13-17-8-11-18(21-17)9-2-1-3-10-18/h4-7,17,19-20H,1-3,8-14H2. The van der Waals surface area contributed by atoms with E-state index in [4.69, 9.17) is 9.84 Å². The Bertz CT molecular complexity index is 437. The predicted molar refractivity (Wildman–Crippen MR) is 84.0 cm³/mol. The average molecular weight is 289 g/mol. The van der Waals surface area contributed by atoms with Gasteiger partial charge in [-0.15, -0.1) is 0 Å². The molecular weight excluding hydrogens is 262 g/mol. The van der Waals surface area contributed by atoms with Crippen molar-refractivity contribution in [2.45, 2.75) is 69.8 Å². The maximum absolute atomic E-state index is 9.04. The number of rotatable bonds is 5. The van der Waals surface area contributed by atoms with Gasteiger partial charge in [0.2, 0.25) is 0 Å². The Kier molecular flexibility index (Phi) is 4.94. The van der Waals surface area contributed by atoms with E-state index in [2.05, 4.69) is 17.4 Å². The Morgan fingerprint density at radius 2 is 1.76 bits per heavy atom. The summed E-state index contributed by atoms with van der Waals surface area (Å²) in [7, 11) is 0. The monoisotopic (exact) mass is 289 g/mol. The van der Waals surface area contributed by atoms with E-state index < -0.39 is 0 Å². The van der Waals surface area contributed by atoms with Crippen LogP contribution in [-0.4, -0.2) is 23.4 Å². The molecule has 1 heterocycles. The van der Waals surface area contributed by atoms with Gasteiger partial charge in [0, 0.05) is 13.1 Å². The lowest BCUT2D eigenvalue weighted by molar-refractivity contribution is -0.0624. The molecule has 0 bridgehead atoms. The lowest BCUT2D eigenvalue weighted by Crippen LogP contribution is -2.34. The number of hydrogen-bond donors (Lipinski definition) is 2. The summed E-state index contributed by atoms with van der Waals surface area (Å²) in [5.74, 6) is 0. The first-order chi connectivity index (χ1) is 10.3. The summed E-state index contributed by atoms with van der Waals surface area (Å²) in [6, 6.07) is 8.13. The predicted octanol–water partition coefficient (Wildman–Crippen LogP) is 3.15. The summed E-state index contributed by atoms with van der Waals surface area (Å²) >= 11 is 0. The SMILES string of the molecule is OCc1ccc(CNCC2CCC3(CCCCC3)O2)cc1. The molecule has 1 spiro atoms. The molecule has 2 N–H and O–H groups in total. The molecule has 2 fully saturated rings. The van der Waals surface area contributed by atoms with Crippen LogP contribution in [0.3, 0.4) is 0 Å². The van der Waals surface area contributed by atoms with Gasteiger partial charge in [-0.25, -0.2) is 0 Å². The van der Waals surface area contributed by atoms with Gasteiger partial charge in [0.05, 0.1) is 18.3 Å². The molecule has 116 valence electrons. The third-order valence-electron chi connectivity index (χ3n) is 5.01. The molecule has 3 nitrogen and oxygen atoms in total. The van der Waals surface area contributed by atoms with Crippen LogP contribution in [0, 0.1) is 0 Å². The van der Waals surface area contributed by atoms with Crippen LogP contribution in [0.25, 0.3) is 0 Å². The molecule has 0 aromatic heterocycles. The minimum atomic E-state index is 0.117. The van der Waals surface area contributed by atoms with E-state index in [9.17, 15) is 0 Å². The second-order valence-electron chi connectivity index (χ2n) is 6.63. The first-order valence-electron chi connectivity index (χ1n) is 8.37. The van der Waals surface area contributed by atoms with Crippen molar-refractivity contribution in [3.05, 3.63) is 35.4 Å². The molecule has 3 heteroatoms. The van der Waals surface area contributed by atoms with Crippen LogP contribution in [0.15, 0.2) is 24.3 Å². The molecule has 1 aliphatic carbocycles. The quantitative estimate of drug-likeness (QED) is 0.875. The molecular formula is C18H27NO2. The van der Waals surface area contributed by atoms with Gasteiger partial charge < -0.3 is 15.2 Å². The Labute approximate surface area is 127 Å². The van der Waals surface area contributed by atoms with Crippen molar-refractivity contribution in [1.82, 2.24) is 5.32 Å². The van der Waals surface area contributed by atoms with Crippen LogP contribution in [-0.2, 0) is 17.9 Å². The minimum absolute atomic E-state index is 0.117. The Hall–Kier alpha value is -0.900. The average Bonchev–Trinajstić information content (AvgIpc) is 2.91. The van der Waals surface area contributed by atoms with Gasteiger partial charge in [-0.3, -0.25) is 0 Å². The van der Waals surface area contributed by atoms with Crippen LogP contribution in [0.1, 0.15) is 56.1 Å². The second-order valence-corrected chi connectivity index (χ2v) is 6.63. The van der Waals surface area contributed by atoms with E-state index in [1.165, 1.54) is 50.5 Å². The van der Waals surface area contributed by atoms with E-state index in [0.717, 1.165) is 18.7 Å². The Morgan fingerprint density at radius 3 is 2.48 bits per heavy atom. The number of nitrogens with one attached hydrogen (secondary N) is 1. The smallest absolute Gasteiger partial charge is 0.0708 e. The molecule has 2 aliphatic rings. The normalized spacial score (nSPS) is 24.5. The largest absolute Gasteiger partial charge is 0.392 e. The fourth-order valence-corrected chi connectivity index (χ4v) is 3.74. The fraction of sp³-hybridized carbons (Fsp3) is 0.667. The van der Waals surface area contributed by atoms with Gasteiger partial charge in [0.25, 0.3) is 0 Å². The maximum atomic E-state index is 9.04. The molecule has 1 saturated heterocycles. The summed E-state index contributed by atoms with van der Waals surface area (Å²) in [4.78, 5) is 0. The van der Waals surface area contributed by atoms with Crippen LogP contribution < -0.4 is 5.32 Å². The summed E-state index contributed by atoms with van der Waals surface area (Å²) in [6.45, 7) is 1.94. The van der Waals surface area contributed by atoms with Gasteiger partial charge in [-0.1, -0.05) is 43.5 Å². The highest BCUT2D eigenvalue weighted by molar-refractivity contribution is 5.21. The minimum Gasteiger partial charge on any atom is -0.392 e. The van der Waals surface area contributed by atoms with E-state index in [1.54, 1.807) is 0 Å². The number of aliphatic hydroxyl groups is 1. The molecule has 3 rings (SSSR count). The summed E-state index contributed by atoms with van der Waals surface area (Å²) in [5.41, 5.74) is 2.46. The lowest BCUT2D eigenvalue weighted by atomic mass is 9.83. The van der Waals surface area contributed by atoms with Crippen LogP contribution in [0.2, 0.25) is 0 Å². The zero-order valence-corrected chi connectivity index (χ0v) is 12.8. The van der Waals surface area contributed by atoms with E-state index in [1.807, 2.05) is 12.1 Å². The van der Waals surface area contributed by atoms with Gasteiger partial charge in [-0.2, -0.15) is 0 Å². The van der Waals surface area contributed by atoms with Crippen molar-refractivity contribution in [3.63, 3.8) is 0 Å². The Balaban J connectivity index is 1.41. The summed E-state index contributed by atoms with van der Waals surface area (Å²) in [5, 5.41) is 12.6. The van der Waals surface area contributed by atoms with Crippen LogP contribution in [0.4, 0.5) is 0 Å².